The Morgan fingerprint density at radius 2 is 2.31 bits per heavy atom. The quantitative estimate of drug-likeness (QED) is 0.611. The standard InChI is InChI=1S/C11H16ClFN2S/c1-2-16-7-10(15-14)5-8-3-4-9(12)6-11(8)13/h3-4,6,10,15H,2,5,7,14H2,1H3. The molecular formula is C11H16ClFN2S. The maximum Gasteiger partial charge on any atom is 0.127 e. The second-order valence-corrected chi connectivity index (χ2v) is 5.22. The Kier molecular flexibility index (Phi) is 6.13. The smallest absolute Gasteiger partial charge is 0.127 e. The number of nitrogens with one attached hydrogen (secondary N) is 1. The van der Waals surface area contributed by atoms with Crippen molar-refractivity contribution < 1.29 is 4.39 Å². The highest BCUT2D eigenvalue weighted by molar-refractivity contribution is 7.99. The van der Waals surface area contributed by atoms with Crippen LogP contribution in [0.5, 0.6) is 0 Å². The van der Waals surface area contributed by atoms with Gasteiger partial charge in [-0.3, -0.25) is 11.3 Å². The minimum Gasteiger partial charge on any atom is -0.271 e. The lowest BCUT2D eigenvalue weighted by atomic mass is 10.1. The number of hydrogen-bond donors (Lipinski definition) is 2. The van der Waals surface area contributed by atoms with E-state index in [0.717, 1.165) is 11.5 Å². The molecule has 90 valence electrons. The van der Waals surface area contributed by atoms with Crippen LogP contribution in [0.3, 0.4) is 0 Å². The number of hydrogen-bond acceptors (Lipinski definition) is 3. The van der Waals surface area contributed by atoms with E-state index in [4.69, 9.17) is 17.4 Å². The molecule has 2 nitrogen and oxygen atoms in total. The lowest BCUT2D eigenvalue weighted by Gasteiger charge is -2.15. The molecule has 0 aliphatic heterocycles. The van der Waals surface area contributed by atoms with Crippen LogP contribution in [0.1, 0.15) is 12.5 Å². The van der Waals surface area contributed by atoms with Gasteiger partial charge in [-0.25, -0.2) is 4.39 Å². The van der Waals surface area contributed by atoms with Crippen molar-refractivity contribution in [2.45, 2.75) is 19.4 Å². The van der Waals surface area contributed by atoms with Crippen LogP contribution in [0.25, 0.3) is 0 Å². The number of nitrogens with two attached hydrogens (primary N) is 1. The molecule has 5 heteroatoms. The molecule has 0 saturated heterocycles. The van der Waals surface area contributed by atoms with E-state index in [1.54, 1.807) is 23.9 Å². The molecule has 0 saturated carbocycles. The molecule has 0 spiro atoms. The van der Waals surface area contributed by atoms with Crippen molar-refractivity contribution in [3.63, 3.8) is 0 Å². The van der Waals surface area contributed by atoms with Gasteiger partial charge in [0.05, 0.1) is 0 Å². The molecule has 0 aliphatic rings. The van der Waals surface area contributed by atoms with Gasteiger partial charge in [-0.15, -0.1) is 0 Å². The highest BCUT2D eigenvalue weighted by atomic mass is 35.5. The highest BCUT2D eigenvalue weighted by Gasteiger charge is 2.11. The molecule has 0 amide bonds. The summed E-state index contributed by atoms with van der Waals surface area (Å²) >= 11 is 7.46. The van der Waals surface area contributed by atoms with Crippen molar-refractivity contribution in [2.75, 3.05) is 11.5 Å². The molecule has 0 aromatic heterocycles. The fourth-order valence-electron chi connectivity index (χ4n) is 1.38. The van der Waals surface area contributed by atoms with Crippen LogP contribution in [0.4, 0.5) is 4.39 Å². The predicted octanol–water partition coefficient (Wildman–Crippen LogP) is 2.61. The Morgan fingerprint density at radius 1 is 1.56 bits per heavy atom. The average Bonchev–Trinajstić information content (AvgIpc) is 2.27. The number of benzene rings is 1. The molecule has 16 heavy (non-hydrogen) atoms. The van der Waals surface area contributed by atoms with Gasteiger partial charge < -0.3 is 0 Å². The summed E-state index contributed by atoms with van der Waals surface area (Å²) in [6.45, 7) is 2.08. The first kappa shape index (κ1) is 13.8. The van der Waals surface area contributed by atoms with E-state index in [2.05, 4.69) is 12.3 Å². The first-order valence-electron chi connectivity index (χ1n) is 5.15. The number of rotatable bonds is 6. The monoisotopic (exact) mass is 262 g/mol. The summed E-state index contributed by atoms with van der Waals surface area (Å²) in [5.74, 6) is 7.06. The molecule has 0 heterocycles. The summed E-state index contributed by atoms with van der Waals surface area (Å²) in [5.41, 5.74) is 3.35. The van der Waals surface area contributed by atoms with Crippen molar-refractivity contribution in [1.82, 2.24) is 5.43 Å². The largest absolute Gasteiger partial charge is 0.271 e. The lowest BCUT2D eigenvalue weighted by Crippen LogP contribution is -2.38. The molecule has 0 aliphatic carbocycles. The molecule has 1 unspecified atom stereocenters. The first-order valence-corrected chi connectivity index (χ1v) is 6.68. The fourth-order valence-corrected chi connectivity index (χ4v) is 2.27. The summed E-state index contributed by atoms with van der Waals surface area (Å²) in [7, 11) is 0. The van der Waals surface area contributed by atoms with Gasteiger partial charge in [0.1, 0.15) is 5.82 Å². The molecule has 3 N–H and O–H groups in total. The molecular weight excluding hydrogens is 247 g/mol. The first-order chi connectivity index (χ1) is 7.67. The van der Waals surface area contributed by atoms with Crippen LogP contribution in [0.15, 0.2) is 18.2 Å². The molecule has 0 fully saturated rings. The molecule has 1 rings (SSSR count). The summed E-state index contributed by atoms with van der Waals surface area (Å²) in [4.78, 5) is 0. The van der Waals surface area contributed by atoms with Gasteiger partial charge in [-0.2, -0.15) is 11.8 Å². The van der Waals surface area contributed by atoms with E-state index < -0.39 is 0 Å². The van der Waals surface area contributed by atoms with Crippen molar-refractivity contribution in [2.24, 2.45) is 5.84 Å². The van der Waals surface area contributed by atoms with E-state index in [1.807, 2.05) is 0 Å². The van der Waals surface area contributed by atoms with Gasteiger partial charge in [0.15, 0.2) is 0 Å². The SMILES string of the molecule is CCSCC(Cc1ccc(Cl)cc1F)NN. The summed E-state index contributed by atoms with van der Waals surface area (Å²) in [6, 6.07) is 4.82. The summed E-state index contributed by atoms with van der Waals surface area (Å²) in [5, 5.41) is 0.418. The van der Waals surface area contributed by atoms with E-state index in [9.17, 15) is 4.39 Å². The van der Waals surface area contributed by atoms with Gasteiger partial charge in [-0.1, -0.05) is 24.6 Å². The third-order valence-corrected chi connectivity index (χ3v) is 3.52. The highest BCUT2D eigenvalue weighted by Crippen LogP contribution is 2.17. The lowest BCUT2D eigenvalue weighted by molar-refractivity contribution is 0.547. The molecule has 1 aromatic carbocycles. The van der Waals surface area contributed by atoms with Gasteiger partial charge in [0.2, 0.25) is 0 Å². The molecule has 0 bridgehead atoms. The third-order valence-electron chi connectivity index (χ3n) is 2.24. The second-order valence-electron chi connectivity index (χ2n) is 3.46. The third kappa shape index (κ3) is 4.29. The Hall–Kier alpha value is -0.290. The molecule has 0 radical (unpaired) electrons. The van der Waals surface area contributed by atoms with Crippen LogP contribution in [-0.2, 0) is 6.42 Å². The minimum absolute atomic E-state index is 0.0839. The van der Waals surface area contributed by atoms with Crippen molar-refractivity contribution in [3.8, 4) is 0 Å². The van der Waals surface area contributed by atoms with E-state index in [-0.39, 0.29) is 11.9 Å². The van der Waals surface area contributed by atoms with Gasteiger partial charge in [0, 0.05) is 16.8 Å². The van der Waals surface area contributed by atoms with Crippen molar-refractivity contribution >= 4 is 23.4 Å². The van der Waals surface area contributed by atoms with E-state index >= 15 is 0 Å². The topological polar surface area (TPSA) is 38.0 Å². The molecule has 1 atom stereocenters. The second kappa shape index (κ2) is 7.12. The van der Waals surface area contributed by atoms with Gasteiger partial charge in [0.25, 0.3) is 0 Å². The predicted molar refractivity (Wildman–Crippen MR) is 69.2 cm³/mol. The summed E-state index contributed by atoms with van der Waals surface area (Å²) < 4.78 is 13.5. The fraction of sp³-hybridized carbons (Fsp3) is 0.455. The van der Waals surface area contributed by atoms with E-state index in [0.29, 0.717) is 17.0 Å². The Bertz CT molecular complexity index is 336. The Balaban J connectivity index is 2.62. The Labute approximate surface area is 105 Å². The number of thioether (sulfide) groups is 1. The normalized spacial score (nSPS) is 12.8. The molecule has 1 aromatic rings. The zero-order chi connectivity index (χ0) is 12.0. The van der Waals surface area contributed by atoms with Gasteiger partial charge in [-0.05, 0) is 29.9 Å². The van der Waals surface area contributed by atoms with Crippen LogP contribution in [-0.4, -0.2) is 17.5 Å². The van der Waals surface area contributed by atoms with Crippen molar-refractivity contribution in [3.05, 3.63) is 34.6 Å². The average molecular weight is 263 g/mol. The Morgan fingerprint density at radius 3 is 2.88 bits per heavy atom. The minimum atomic E-state index is -0.269. The van der Waals surface area contributed by atoms with Gasteiger partial charge >= 0.3 is 0 Å². The zero-order valence-electron chi connectivity index (χ0n) is 9.17. The summed E-state index contributed by atoms with van der Waals surface area (Å²) in [6.07, 6.45) is 0.576. The maximum atomic E-state index is 13.5. The van der Waals surface area contributed by atoms with Crippen LogP contribution in [0.2, 0.25) is 5.02 Å². The van der Waals surface area contributed by atoms with Crippen LogP contribution < -0.4 is 11.3 Å². The van der Waals surface area contributed by atoms with Crippen molar-refractivity contribution in [1.29, 1.82) is 0 Å². The maximum absolute atomic E-state index is 13.5. The van der Waals surface area contributed by atoms with E-state index in [1.165, 1.54) is 6.07 Å². The van der Waals surface area contributed by atoms with Crippen LogP contribution >= 0.6 is 23.4 Å². The zero-order valence-corrected chi connectivity index (χ0v) is 10.7. The van der Waals surface area contributed by atoms with Crippen LogP contribution in [0, 0.1) is 5.82 Å². The number of halogens is 2. The number of hydrazine groups is 1.